The van der Waals surface area contributed by atoms with Crippen LogP contribution in [0.15, 0.2) is 24.3 Å². The third-order valence-electron chi connectivity index (χ3n) is 1.98. The molecule has 100 valence electrons. The first-order valence-corrected chi connectivity index (χ1v) is 5.52. The Kier molecular flexibility index (Phi) is 6.60. The number of methoxy groups -OCH3 is 1. The minimum atomic E-state index is -0.600. The van der Waals surface area contributed by atoms with Gasteiger partial charge in [0.2, 0.25) is 0 Å². The van der Waals surface area contributed by atoms with Crippen LogP contribution >= 0.6 is 0 Å². The second kappa shape index (κ2) is 8.32. The van der Waals surface area contributed by atoms with Crippen LogP contribution in [0.25, 0.3) is 0 Å². The maximum Gasteiger partial charge on any atom is 0.411 e. The fourth-order valence-electron chi connectivity index (χ4n) is 1.17. The predicted octanol–water partition coefficient (Wildman–Crippen LogP) is 1.25. The third kappa shape index (κ3) is 5.51. The normalized spacial score (nSPS) is 9.89. The molecule has 0 heterocycles. The van der Waals surface area contributed by atoms with Crippen molar-refractivity contribution in [2.24, 2.45) is 0 Å². The number of amides is 1. The molecule has 0 aliphatic carbocycles. The molecule has 6 heteroatoms. The van der Waals surface area contributed by atoms with E-state index in [4.69, 9.17) is 14.6 Å². The highest BCUT2D eigenvalue weighted by atomic mass is 16.6. The molecule has 0 saturated heterocycles. The molecule has 0 aliphatic heterocycles. The van der Waals surface area contributed by atoms with Crippen molar-refractivity contribution in [2.45, 2.75) is 0 Å². The summed E-state index contributed by atoms with van der Waals surface area (Å²) in [5.41, 5.74) is 0.594. The molecule has 0 aliphatic rings. The van der Waals surface area contributed by atoms with E-state index in [9.17, 15) is 4.79 Å². The van der Waals surface area contributed by atoms with Gasteiger partial charge in [-0.25, -0.2) is 4.79 Å². The molecule has 1 aromatic rings. The van der Waals surface area contributed by atoms with Gasteiger partial charge in [0.05, 0.1) is 13.2 Å². The van der Waals surface area contributed by atoms with Gasteiger partial charge in [-0.05, 0) is 24.3 Å². The Bertz CT molecular complexity index is 352. The van der Waals surface area contributed by atoms with Crippen molar-refractivity contribution >= 4 is 11.8 Å². The molecule has 0 atom stereocenters. The zero-order valence-electron chi connectivity index (χ0n) is 10.2. The summed E-state index contributed by atoms with van der Waals surface area (Å²) >= 11 is 0. The maximum absolute atomic E-state index is 11.2. The van der Waals surface area contributed by atoms with Crippen molar-refractivity contribution in [1.82, 2.24) is 0 Å². The van der Waals surface area contributed by atoms with E-state index in [2.05, 4.69) is 10.1 Å². The number of carbonyl (C=O) groups is 1. The Hall–Kier alpha value is -1.79. The van der Waals surface area contributed by atoms with Crippen LogP contribution < -0.4 is 10.1 Å². The van der Waals surface area contributed by atoms with Gasteiger partial charge >= 0.3 is 6.09 Å². The molecule has 6 nitrogen and oxygen atoms in total. The number of anilines is 1. The maximum atomic E-state index is 11.2. The Morgan fingerprint density at radius 1 is 1.22 bits per heavy atom. The average Bonchev–Trinajstić information content (AvgIpc) is 2.39. The van der Waals surface area contributed by atoms with Crippen LogP contribution in [0.4, 0.5) is 10.5 Å². The average molecular weight is 255 g/mol. The molecule has 1 amide bonds. The predicted molar refractivity (Wildman–Crippen MR) is 65.9 cm³/mol. The fourth-order valence-corrected chi connectivity index (χ4v) is 1.17. The van der Waals surface area contributed by atoms with Crippen LogP contribution in [0.1, 0.15) is 0 Å². The van der Waals surface area contributed by atoms with Crippen molar-refractivity contribution < 1.29 is 24.1 Å². The van der Waals surface area contributed by atoms with Crippen molar-refractivity contribution in [2.75, 3.05) is 38.9 Å². The van der Waals surface area contributed by atoms with Crippen molar-refractivity contribution in [3.8, 4) is 5.75 Å². The van der Waals surface area contributed by atoms with E-state index in [1.807, 2.05) is 0 Å². The minimum Gasteiger partial charge on any atom is -0.491 e. The lowest BCUT2D eigenvalue weighted by atomic mass is 10.3. The second-order valence-corrected chi connectivity index (χ2v) is 3.35. The lowest BCUT2D eigenvalue weighted by Crippen LogP contribution is -2.15. The summed E-state index contributed by atoms with van der Waals surface area (Å²) in [4.78, 5) is 11.2. The molecule has 0 radical (unpaired) electrons. The fraction of sp³-hybridized carbons (Fsp3) is 0.417. The van der Waals surface area contributed by atoms with E-state index in [0.29, 0.717) is 24.7 Å². The number of nitrogens with one attached hydrogen (secondary N) is 1. The molecule has 0 saturated carbocycles. The Balaban J connectivity index is 2.37. The van der Waals surface area contributed by atoms with E-state index in [1.54, 1.807) is 31.4 Å². The summed E-state index contributed by atoms with van der Waals surface area (Å²) in [6.07, 6.45) is -0.600. The first-order chi connectivity index (χ1) is 8.76. The Morgan fingerprint density at radius 3 is 2.56 bits per heavy atom. The summed E-state index contributed by atoms with van der Waals surface area (Å²) in [7, 11) is 1.61. The van der Waals surface area contributed by atoms with Crippen LogP contribution in [0.3, 0.4) is 0 Å². The lowest BCUT2D eigenvalue weighted by Gasteiger charge is -2.08. The molecule has 18 heavy (non-hydrogen) atoms. The van der Waals surface area contributed by atoms with Gasteiger partial charge in [0.25, 0.3) is 0 Å². The highest BCUT2D eigenvalue weighted by Gasteiger charge is 2.02. The van der Waals surface area contributed by atoms with E-state index in [0.717, 1.165) is 0 Å². The van der Waals surface area contributed by atoms with Gasteiger partial charge in [-0.15, -0.1) is 0 Å². The van der Waals surface area contributed by atoms with Gasteiger partial charge < -0.3 is 19.3 Å². The molecule has 0 fully saturated rings. The first-order valence-electron chi connectivity index (χ1n) is 5.52. The first kappa shape index (κ1) is 14.3. The summed E-state index contributed by atoms with van der Waals surface area (Å²) in [5.74, 6) is 0.696. The summed E-state index contributed by atoms with van der Waals surface area (Å²) in [5, 5.41) is 11.0. The topological polar surface area (TPSA) is 77.0 Å². The highest BCUT2D eigenvalue weighted by molar-refractivity contribution is 5.84. The number of rotatable bonds is 7. The van der Waals surface area contributed by atoms with Gasteiger partial charge in [-0.1, -0.05) is 0 Å². The molecule has 0 unspecified atom stereocenters. The van der Waals surface area contributed by atoms with Gasteiger partial charge in [-0.2, -0.15) is 0 Å². The molecule has 0 bridgehead atoms. The standard InChI is InChI=1S/C12H17NO5/c1-16-8-9-17-11-4-2-10(3-5-11)13-12(15)18-7-6-14/h2-5,14H,6-9H2,1H3,(H,13,15). The van der Waals surface area contributed by atoms with Crippen molar-refractivity contribution in [3.05, 3.63) is 24.3 Å². The number of aliphatic hydroxyl groups excluding tert-OH is 1. The SMILES string of the molecule is COCCOc1ccc(NC(=O)OCCO)cc1. The number of ether oxygens (including phenoxy) is 3. The highest BCUT2D eigenvalue weighted by Crippen LogP contribution is 2.15. The lowest BCUT2D eigenvalue weighted by molar-refractivity contribution is 0.131. The molecule has 2 N–H and O–H groups in total. The van der Waals surface area contributed by atoms with Gasteiger partial charge in [0.1, 0.15) is 19.0 Å². The van der Waals surface area contributed by atoms with E-state index < -0.39 is 6.09 Å². The van der Waals surface area contributed by atoms with Gasteiger partial charge in [0.15, 0.2) is 0 Å². The molecular formula is C12H17NO5. The smallest absolute Gasteiger partial charge is 0.411 e. The van der Waals surface area contributed by atoms with Crippen molar-refractivity contribution in [3.63, 3.8) is 0 Å². The minimum absolute atomic E-state index is 0.0238. The van der Waals surface area contributed by atoms with E-state index in [1.165, 1.54) is 0 Å². The largest absolute Gasteiger partial charge is 0.491 e. The van der Waals surface area contributed by atoms with Crippen molar-refractivity contribution in [1.29, 1.82) is 0 Å². The van der Waals surface area contributed by atoms with Gasteiger partial charge in [0, 0.05) is 12.8 Å². The Labute approximate surface area is 105 Å². The van der Waals surface area contributed by atoms with Gasteiger partial charge in [-0.3, -0.25) is 5.32 Å². The number of benzene rings is 1. The number of hydrogen-bond acceptors (Lipinski definition) is 5. The van der Waals surface area contributed by atoms with Crippen LogP contribution in [0.2, 0.25) is 0 Å². The Morgan fingerprint density at radius 2 is 1.94 bits per heavy atom. The monoisotopic (exact) mass is 255 g/mol. The number of hydrogen-bond donors (Lipinski definition) is 2. The van der Waals surface area contributed by atoms with Crippen LogP contribution in [-0.2, 0) is 9.47 Å². The number of aliphatic hydroxyl groups is 1. The zero-order valence-corrected chi connectivity index (χ0v) is 10.2. The van der Waals surface area contributed by atoms with E-state index in [-0.39, 0.29) is 13.2 Å². The molecule has 0 spiro atoms. The van der Waals surface area contributed by atoms with Crippen LogP contribution in [-0.4, -0.2) is 44.7 Å². The quantitative estimate of drug-likeness (QED) is 0.717. The van der Waals surface area contributed by atoms with Crippen LogP contribution in [0, 0.1) is 0 Å². The molecule has 1 rings (SSSR count). The molecule has 1 aromatic carbocycles. The molecular weight excluding hydrogens is 238 g/mol. The number of carbonyl (C=O) groups excluding carboxylic acids is 1. The second-order valence-electron chi connectivity index (χ2n) is 3.35. The third-order valence-corrected chi connectivity index (χ3v) is 1.98. The molecule has 0 aromatic heterocycles. The summed E-state index contributed by atoms with van der Waals surface area (Å²) in [6, 6.07) is 6.86. The summed E-state index contributed by atoms with van der Waals surface area (Å²) in [6.45, 7) is 0.777. The van der Waals surface area contributed by atoms with E-state index >= 15 is 0 Å². The zero-order chi connectivity index (χ0) is 13.2. The summed E-state index contributed by atoms with van der Waals surface area (Å²) < 4.78 is 14.9. The van der Waals surface area contributed by atoms with Crippen LogP contribution in [0.5, 0.6) is 5.75 Å².